The van der Waals surface area contributed by atoms with Crippen LogP contribution in [0.3, 0.4) is 0 Å². The molecule has 1 aliphatic heterocycles. The van der Waals surface area contributed by atoms with Crippen molar-refractivity contribution in [3.8, 4) is 0 Å². The molecule has 0 radical (unpaired) electrons. The average molecular weight is 622 g/mol. The number of benzene rings is 3. The Balaban J connectivity index is 1.26. The molecule has 3 atom stereocenters. The van der Waals surface area contributed by atoms with E-state index in [1.165, 1.54) is 0 Å². The lowest BCUT2D eigenvalue weighted by Crippen LogP contribution is -2.49. The zero-order valence-electron chi connectivity index (χ0n) is 21.8. The predicted octanol–water partition coefficient (Wildman–Crippen LogP) is 5.50. The fraction of sp³-hybridized carbons (Fsp3) is 0.290. The second kappa shape index (κ2) is 10.2. The maximum absolute atomic E-state index is 14.1. The molecule has 1 heterocycles. The SMILES string of the molecule is CC(C)[C@H](C(=O)OCC(=O)Nc1ccc(Br)cc1Cl)N1C(=O)[C@H]2C3c4ccccc4C(c4ccccc43)[C@@H]2C1=O. The lowest BCUT2D eigenvalue weighted by Gasteiger charge is -2.45. The van der Waals surface area contributed by atoms with Gasteiger partial charge in [-0.3, -0.25) is 19.3 Å². The normalized spacial score (nSPS) is 23.0. The summed E-state index contributed by atoms with van der Waals surface area (Å²) in [5.74, 6) is -4.27. The van der Waals surface area contributed by atoms with Crippen LogP contribution in [0.4, 0.5) is 5.69 Å². The van der Waals surface area contributed by atoms with Crippen molar-refractivity contribution >= 4 is 56.9 Å². The number of halogens is 2. The first-order valence-electron chi connectivity index (χ1n) is 13.1. The van der Waals surface area contributed by atoms with Crippen LogP contribution in [0.1, 0.15) is 47.9 Å². The van der Waals surface area contributed by atoms with Gasteiger partial charge in [-0.2, -0.15) is 0 Å². The van der Waals surface area contributed by atoms with Gasteiger partial charge in [-0.25, -0.2) is 4.79 Å². The van der Waals surface area contributed by atoms with E-state index in [4.69, 9.17) is 16.3 Å². The van der Waals surface area contributed by atoms with E-state index in [0.29, 0.717) is 10.7 Å². The Morgan fingerprint density at radius 3 is 1.85 bits per heavy atom. The van der Waals surface area contributed by atoms with Crippen molar-refractivity contribution in [2.45, 2.75) is 31.7 Å². The average Bonchev–Trinajstić information content (AvgIpc) is 3.19. The Kier molecular flexibility index (Phi) is 6.79. The number of hydrogen-bond donors (Lipinski definition) is 1. The minimum atomic E-state index is -1.15. The minimum absolute atomic E-state index is 0.269. The first-order chi connectivity index (χ1) is 19.2. The van der Waals surface area contributed by atoms with Gasteiger partial charge >= 0.3 is 5.97 Å². The Morgan fingerprint density at radius 1 is 0.900 bits per heavy atom. The Bertz CT molecular complexity index is 1460. The zero-order chi connectivity index (χ0) is 28.3. The van der Waals surface area contributed by atoms with Crippen molar-refractivity contribution in [1.29, 1.82) is 0 Å². The molecule has 3 aromatic rings. The Hall–Kier alpha value is -3.49. The van der Waals surface area contributed by atoms with Crippen molar-refractivity contribution in [2.75, 3.05) is 11.9 Å². The minimum Gasteiger partial charge on any atom is -0.454 e. The highest BCUT2D eigenvalue weighted by atomic mass is 79.9. The number of nitrogens with one attached hydrogen (secondary N) is 1. The van der Waals surface area contributed by atoms with E-state index >= 15 is 0 Å². The van der Waals surface area contributed by atoms with Crippen LogP contribution in [0.25, 0.3) is 0 Å². The van der Waals surface area contributed by atoms with Gasteiger partial charge in [0.15, 0.2) is 6.61 Å². The van der Waals surface area contributed by atoms with E-state index in [9.17, 15) is 19.2 Å². The molecule has 0 spiro atoms. The van der Waals surface area contributed by atoms with Gasteiger partial charge in [-0.15, -0.1) is 0 Å². The molecule has 7 nitrogen and oxygen atoms in total. The van der Waals surface area contributed by atoms with Crippen molar-refractivity contribution in [3.63, 3.8) is 0 Å². The second-order valence-electron chi connectivity index (χ2n) is 10.8. The zero-order valence-corrected chi connectivity index (χ0v) is 24.1. The highest BCUT2D eigenvalue weighted by Crippen LogP contribution is 2.61. The number of rotatable bonds is 6. The molecule has 3 amide bonds. The monoisotopic (exact) mass is 620 g/mol. The molecule has 7 rings (SSSR count). The molecule has 204 valence electrons. The summed E-state index contributed by atoms with van der Waals surface area (Å²) in [6, 6.07) is 19.8. The molecular formula is C31H26BrClN2O5. The molecule has 40 heavy (non-hydrogen) atoms. The first-order valence-corrected chi connectivity index (χ1v) is 14.3. The summed E-state index contributed by atoms with van der Waals surface area (Å²) in [7, 11) is 0. The number of likely N-dealkylation sites (tertiary alicyclic amines) is 1. The molecule has 4 aliphatic rings. The smallest absolute Gasteiger partial charge is 0.330 e. The summed E-state index contributed by atoms with van der Waals surface area (Å²) < 4.78 is 6.12. The van der Waals surface area contributed by atoms with Crippen LogP contribution in [-0.4, -0.2) is 41.2 Å². The van der Waals surface area contributed by atoms with Crippen molar-refractivity contribution < 1.29 is 23.9 Å². The Labute approximate surface area is 245 Å². The van der Waals surface area contributed by atoms with Gasteiger partial charge in [-0.05, 0) is 46.4 Å². The lowest BCUT2D eigenvalue weighted by atomic mass is 9.55. The van der Waals surface area contributed by atoms with Gasteiger partial charge < -0.3 is 10.1 Å². The second-order valence-corrected chi connectivity index (χ2v) is 12.1. The van der Waals surface area contributed by atoms with Crippen LogP contribution in [0.2, 0.25) is 5.02 Å². The van der Waals surface area contributed by atoms with E-state index in [2.05, 4.69) is 21.2 Å². The summed E-state index contributed by atoms with van der Waals surface area (Å²) in [6.07, 6.45) is 0. The van der Waals surface area contributed by atoms with Crippen molar-refractivity contribution in [1.82, 2.24) is 4.90 Å². The van der Waals surface area contributed by atoms with Crippen molar-refractivity contribution in [2.24, 2.45) is 17.8 Å². The third kappa shape index (κ3) is 4.16. The van der Waals surface area contributed by atoms with Crippen LogP contribution < -0.4 is 5.32 Å². The van der Waals surface area contributed by atoms with Gasteiger partial charge in [0.1, 0.15) is 6.04 Å². The third-order valence-corrected chi connectivity index (χ3v) is 8.99. The molecule has 1 N–H and O–H groups in total. The number of hydrogen-bond acceptors (Lipinski definition) is 5. The molecule has 9 heteroatoms. The molecular weight excluding hydrogens is 596 g/mol. The standard InChI is InChI=1S/C31H26BrClN2O5/c1-15(2)28(31(39)40-14-23(36)34-22-12-11-16(32)13-21(22)33)35-29(37)26-24-17-7-3-4-8-18(17)25(27(26)30(35)38)20-10-6-5-9-19(20)24/h3-13,15,24-28H,14H2,1-2H3,(H,34,36)/t24?,25?,26-,27-,28+/m0/s1. The maximum Gasteiger partial charge on any atom is 0.330 e. The number of amides is 3. The Morgan fingerprint density at radius 2 is 1.40 bits per heavy atom. The maximum atomic E-state index is 14.1. The van der Waals surface area contributed by atoms with Crippen LogP contribution in [0.15, 0.2) is 71.2 Å². The van der Waals surface area contributed by atoms with Crippen molar-refractivity contribution in [3.05, 3.63) is 98.5 Å². The number of carbonyl (C=O) groups is 4. The summed E-state index contributed by atoms with van der Waals surface area (Å²) in [4.78, 5) is 55.1. The number of nitrogens with zero attached hydrogens (tertiary/aromatic N) is 1. The molecule has 0 saturated carbocycles. The largest absolute Gasteiger partial charge is 0.454 e. The van der Waals surface area contributed by atoms with Crippen LogP contribution in [0.5, 0.6) is 0 Å². The number of esters is 1. The topological polar surface area (TPSA) is 92.8 Å². The van der Waals surface area contributed by atoms with Crippen LogP contribution in [0, 0.1) is 17.8 Å². The predicted molar refractivity (Wildman–Crippen MR) is 153 cm³/mol. The quantitative estimate of drug-likeness (QED) is 0.290. The van der Waals surface area contributed by atoms with Gasteiger partial charge in [0.2, 0.25) is 11.8 Å². The number of carbonyl (C=O) groups excluding carboxylic acids is 4. The summed E-state index contributed by atoms with van der Waals surface area (Å²) in [5.41, 5.74) is 4.60. The number of ether oxygens (including phenoxy) is 1. The van der Waals surface area contributed by atoms with Gasteiger partial charge in [0.05, 0.1) is 22.5 Å². The molecule has 0 aromatic heterocycles. The number of imide groups is 1. The van der Waals surface area contributed by atoms with Gasteiger partial charge in [0.25, 0.3) is 5.91 Å². The van der Waals surface area contributed by atoms with E-state index in [1.807, 2.05) is 48.5 Å². The summed E-state index contributed by atoms with van der Waals surface area (Å²) in [5, 5.41) is 2.93. The third-order valence-electron chi connectivity index (χ3n) is 8.18. The van der Waals surface area contributed by atoms with Crippen LogP contribution in [-0.2, 0) is 23.9 Å². The summed E-state index contributed by atoms with van der Waals surface area (Å²) >= 11 is 9.48. The molecule has 1 saturated heterocycles. The van der Waals surface area contributed by atoms with E-state index in [0.717, 1.165) is 31.6 Å². The molecule has 3 aliphatic carbocycles. The summed E-state index contributed by atoms with van der Waals surface area (Å²) in [6.45, 7) is 2.93. The first kappa shape index (κ1) is 26.7. The molecule has 3 aromatic carbocycles. The van der Waals surface area contributed by atoms with Gasteiger partial charge in [-0.1, -0.05) is 89.9 Å². The molecule has 0 unspecified atom stereocenters. The fourth-order valence-corrected chi connectivity index (χ4v) is 7.37. The number of anilines is 1. The highest BCUT2D eigenvalue weighted by Gasteiger charge is 2.63. The highest BCUT2D eigenvalue weighted by molar-refractivity contribution is 9.10. The molecule has 1 fully saturated rings. The van der Waals surface area contributed by atoms with Gasteiger partial charge in [0, 0.05) is 16.3 Å². The fourth-order valence-electron chi connectivity index (χ4n) is 6.65. The lowest BCUT2D eigenvalue weighted by molar-refractivity contribution is -0.162. The van der Waals surface area contributed by atoms with E-state index in [-0.39, 0.29) is 23.7 Å². The van der Waals surface area contributed by atoms with Crippen LogP contribution >= 0.6 is 27.5 Å². The molecule has 2 bridgehead atoms. The van der Waals surface area contributed by atoms with E-state index in [1.54, 1.807) is 32.0 Å². The van der Waals surface area contributed by atoms with E-state index < -0.39 is 42.3 Å².